The molecule has 0 aliphatic heterocycles. The molecule has 0 fully saturated rings. The molecular formula is C15H24FN. The zero-order valence-electron chi connectivity index (χ0n) is 11.0. The summed E-state index contributed by atoms with van der Waals surface area (Å²) in [5.74, 6) is -0.176. The maximum absolute atomic E-state index is 13.0. The second-order valence-electron chi connectivity index (χ2n) is 4.76. The highest BCUT2D eigenvalue weighted by atomic mass is 19.1. The second-order valence-corrected chi connectivity index (χ2v) is 4.76. The first-order valence-corrected chi connectivity index (χ1v) is 6.74. The zero-order valence-corrected chi connectivity index (χ0v) is 11.0. The molecule has 1 unspecified atom stereocenters. The number of nitrogens with one attached hydrogen (secondary N) is 1. The summed E-state index contributed by atoms with van der Waals surface area (Å²) in [6, 6.07) is 7.09. The van der Waals surface area contributed by atoms with Crippen molar-refractivity contribution in [2.24, 2.45) is 0 Å². The minimum absolute atomic E-state index is 0.176. The van der Waals surface area contributed by atoms with Gasteiger partial charge in [-0.2, -0.15) is 0 Å². The predicted molar refractivity (Wildman–Crippen MR) is 72.9 cm³/mol. The predicted octanol–water partition coefficient (Wildman–Crippen LogP) is 4.99. The molecule has 0 heterocycles. The molecule has 1 N–H and O–H groups in total. The van der Waals surface area contributed by atoms with Gasteiger partial charge in [0, 0.05) is 11.7 Å². The minimum Gasteiger partial charge on any atom is -0.383 e. The Bertz CT molecular complexity index is 312. The van der Waals surface area contributed by atoms with E-state index in [0.29, 0.717) is 6.04 Å². The average Bonchev–Trinajstić information content (AvgIpc) is 2.29. The first-order chi connectivity index (χ1) is 8.22. The van der Waals surface area contributed by atoms with E-state index in [1.54, 1.807) is 12.1 Å². The first-order valence-electron chi connectivity index (χ1n) is 6.74. The largest absolute Gasteiger partial charge is 0.383 e. The molecule has 1 atom stereocenters. The third-order valence-electron chi connectivity index (χ3n) is 2.98. The smallest absolute Gasteiger partial charge is 0.125 e. The normalized spacial score (nSPS) is 12.4. The van der Waals surface area contributed by atoms with Crippen molar-refractivity contribution in [1.29, 1.82) is 0 Å². The fraction of sp³-hybridized carbons (Fsp3) is 0.600. The van der Waals surface area contributed by atoms with Gasteiger partial charge in [-0.25, -0.2) is 4.39 Å². The molecule has 1 rings (SSSR count). The number of hydrogen-bond acceptors (Lipinski definition) is 1. The van der Waals surface area contributed by atoms with Gasteiger partial charge in [0.1, 0.15) is 5.82 Å². The SMILES string of the molecule is CCCCCCCC(C)Nc1cccc(F)c1. The lowest BCUT2D eigenvalue weighted by Gasteiger charge is -2.15. The van der Waals surface area contributed by atoms with E-state index < -0.39 is 0 Å². The van der Waals surface area contributed by atoms with Gasteiger partial charge in [0.15, 0.2) is 0 Å². The molecule has 2 heteroatoms. The second kappa shape index (κ2) is 8.10. The van der Waals surface area contributed by atoms with Crippen LogP contribution in [0, 0.1) is 5.82 Å². The Balaban J connectivity index is 2.18. The van der Waals surface area contributed by atoms with Crippen LogP contribution < -0.4 is 5.32 Å². The molecule has 0 radical (unpaired) electrons. The molecule has 0 aliphatic carbocycles. The number of rotatable bonds is 8. The Kier molecular flexibility index (Phi) is 6.68. The third kappa shape index (κ3) is 6.30. The van der Waals surface area contributed by atoms with E-state index >= 15 is 0 Å². The minimum atomic E-state index is -0.176. The number of benzene rings is 1. The van der Waals surface area contributed by atoms with Crippen LogP contribution in [0.2, 0.25) is 0 Å². The van der Waals surface area contributed by atoms with Crippen molar-refractivity contribution in [3.05, 3.63) is 30.1 Å². The van der Waals surface area contributed by atoms with Crippen molar-refractivity contribution in [3.8, 4) is 0 Å². The zero-order chi connectivity index (χ0) is 12.5. The Labute approximate surface area is 104 Å². The molecule has 96 valence electrons. The molecule has 0 aliphatic rings. The molecular weight excluding hydrogens is 213 g/mol. The quantitative estimate of drug-likeness (QED) is 0.628. The number of anilines is 1. The van der Waals surface area contributed by atoms with Crippen LogP contribution >= 0.6 is 0 Å². The number of hydrogen-bond donors (Lipinski definition) is 1. The maximum Gasteiger partial charge on any atom is 0.125 e. The summed E-state index contributed by atoms with van der Waals surface area (Å²) < 4.78 is 13.0. The van der Waals surface area contributed by atoms with Crippen LogP contribution in [0.1, 0.15) is 52.4 Å². The van der Waals surface area contributed by atoms with E-state index in [9.17, 15) is 4.39 Å². The summed E-state index contributed by atoms with van der Waals surface area (Å²) in [7, 11) is 0. The third-order valence-corrected chi connectivity index (χ3v) is 2.98. The Morgan fingerprint density at radius 3 is 2.65 bits per heavy atom. The van der Waals surface area contributed by atoms with Gasteiger partial charge in [0.05, 0.1) is 0 Å². The van der Waals surface area contributed by atoms with Gasteiger partial charge in [-0.15, -0.1) is 0 Å². The average molecular weight is 237 g/mol. The summed E-state index contributed by atoms with van der Waals surface area (Å²) >= 11 is 0. The van der Waals surface area contributed by atoms with Crippen LogP contribution in [0.5, 0.6) is 0 Å². The molecule has 17 heavy (non-hydrogen) atoms. The van der Waals surface area contributed by atoms with Crippen molar-refractivity contribution in [2.75, 3.05) is 5.32 Å². The van der Waals surface area contributed by atoms with Gasteiger partial charge in [-0.1, -0.05) is 45.1 Å². The lowest BCUT2D eigenvalue weighted by atomic mass is 10.1. The molecule has 0 bridgehead atoms. The summed E-state index contributed by atoms with van der Waals surface area (Å²) in [5.41, 5.74) is 0.881. The van der Waals surface area contributed by atoms with E-state index in [4.69, 9.17) is 0 Å². The van der Waals surface area contributed by atoms with E-state index in [1.807, 2.05) is 6.07 Å². The van der Waals surface area contributed by atoms with E-state index in [2.05, 4.69) is 19.2 Å². The van der Waals surface area contributed by atoms with Gasteiger partial charge < -0.3 is 5.32 Å². The Hall–Kier alpha value is -1.05. The number of unbranched alkanes of at least 4 members (excludes halogenated alkanes) is 4. The topological polar surface area (TPSA) is 12.0 Å². The van der Waals surface area contributed by atoms with Crippen molar-refractivity contribution < 1.29 is 4.39 Å². The molecule has 0 aromatic heterocycles. The van der Waals surface area contributed by atoms with Crippen molar-refractivity contribution in [1.82, 2.24) is 0 Å². The summed E-state index contributed by atoms with van der Waals surface area (Å²) in [5, 5.41) is 3.33. The van der Waals surface area contributed by atoms with Gasteiger partial charge in [0.2, 0.25) is 0 Å². The highest BCUT2D eigenvalue weighted by Crippen LogP contribution is 2.13. The molecule has 1 aromatic rings. The van der Waals surface area contributed by atoms with Gasteiger partial charge in [-0.3, -0.25) is 0 Å². The Morgan fingerprint density at radius 1 is 1.18 bits per heavy atom. The summed E-state index contributed by atoms with van der Waals surface area (Å²) in [4.78, 5) is 0. The van der Waals surface area contributed by atoms with Crippen molar-refractivity contribution in [3.63, 3.8) is 0 Å². The Morgan fingerprint density at radius 2 is 1.94 bits per heavy atom. The molecule has 0 spiro atoms. The number of halogens is 1. The van der Waals surface area contributed by atoms with Crippen LogP contribution in [0.25, 0.3) is 0 Å². The lowest BCUT2D eigenvalue weighted by molar-refractivity contribution is 0.578. The molecule has 0 saturated carbocycles. The fourth-order valence-electron chi connectivity index (χ4n) is 1.99. The summed E-state index contributed by atoms with van der Waals surface area (Å²) in [6.45, 7) is 4.39. The van der Waals surface area contributed by atoms with Crippen LogP contribution in [0.15, 0.2) is 24.3 Å². The van der Waals surface area contributed by atoms with Crippen molar-refractivity contribution >= 4 is 5.69 Å². The van der Waals surface area contributed by atoms with Crippen LogP contribution in [-0.2, 0) is 0 Å². The first kappa shape index (κ1) is 14.0. The van der Waals surface area contributed by atoms with Crippen LogP contribution in [-0.4, -0.2) is 6.04 Å². The van der Waals surface area contributed by atoms with Gasteiger partial charge in [-0.05, 0) is 31.5 Å². The van der Waals surface area contributed by atoms with Crippen LogP contribution in [0.3, 0.4) is 0 Å². The highest BCUT2D eigenvalue weighted by Gasteiger charge is 2.02. The standard InChI is InChI=1S/C15H24FN/c1-3-4-5-6-7-9-13(2)17-15-11-8-10-14(16)12-15/h8,10-13,17H,3-7,9H2,1-2H3. The monoisotopic (exact) mass is 237 g/mol. The van der Waals surface area contributed by atoms with E-state index in [-0.39, 0.29) is 5.82 Å². The maximum atomic E-state index is 13.0. The highest BCUT2D eigenvalue weighted by molar-refractivity contribution is 5.43. The lowest BCUT2D eigenvalue weighted by Crippen LogP contribution is -2.14. The van der Waals surface area contributed by atoms with Crippen LogP contribution in [0.4, 0.5) is 10.1 Å². The molecule has 1 nitrogen and oxygen atoms in total. The molecule has 0 saturated heterocycles. The summed E-state index contributed by atoms with van der Waals surface area (Å²) in [6.07, 6.45) is 7.68. The van der Waals surface area contributed by atoms with Crippen molar-refractivity contribution in [2.45, 2.75) is 58.4 Å². The van der Waals surface area contributed by atoms with Gasteiger partial charge >= 0.3 is 0 Å². The van der Waals surface area contributed by atoms with E-state index in [1.165, 1.54) is 38.2 Å². The molecule has 1 aromatic carbocycles. The molecule has 0 amide bonds. The fourth-order valence-corrected chi connectivity index (χ4v) is 1.99. The van der Waals surface area contributed by atoms with E-state index in [0.717, 1.165) is 12.1 Å². The van der Waals surface area contributed by atoms with Gasteiger partial charge in [0.25, 0.3) is 0 Å².